The van der Waals surface area contributed by atoms with Crippen LogP contribution >= 0.6 is 11.8 Å². The standard InChI is InChI=1S/C19H27NO2S/c1-2-3-4-8-13-23-19-14-18(22)20(19)15-17(21)12-11-16-9-6-5-7-10-16/h5-7,9-10,19H,2-4,8,11-15H2,1H3. The summed E-state index contributed by atoms with van der Waals surface area (Å²) in [6, 6.07) is 10.0. The molecule has 1 saturated heterocycles. The van der Waals surface area contributed by atoms with E-state index in [-0.39, 0.29) is 23.6 Å². The van der Waals surface area contributed by atoms with Gasteiger partial charge in [0.25, 0.3) is 0 Å². The minimum absolute atomic E-state index is 0.129. The zero-order valence-corrected chi connectivity index (χ0v) is 14.8. The van der Waals surface area contributed by atoms with E-state index in [0.717, 1.165) is 12.2 Å². The molecule has 1 aliphatic rings. The molecule has 23 heavy (non-hydrogen) atoms. The number of nitrogens with zero attached hydrogens (tertiary/aromatic N) is 1. The van der Waals surface area contributed by atoms with Crippen LogP contribution in [0.5, 0.6) is 0 Å². The molecule has 0 aromatic heterocycles. The maximum absolute atomic E-state index is 12.1. The third kappa shape index (κ3) is 6.02. The first-order valence-electron chi connectivity index (χ1n) is 8.67. The molecule has 1 aromatic rings. The molecule has 4 heteroatoms. The van der Waals surface area contributed by atoms with Crippen molar-refractivity contribution in [3.8, 4) is 0 Å². The highest BCUT2D eigenvalue weighted by molar-refractivity contribution is 7.99. The maximum atomic E-state index is 12.1. The van der Waals surface area contributed by atoms with Gasteiger partial charge in [-0.1, -0.05) is 56.5 Å². The number of carbonyl (C=O) groups excluding carboxylic acids is 2. The molecule has 1 aromatic carbocycles. The fraction of sp³-hybridized carbons (Fsp3) is 0.579. The average molecular weight is 333 g/mol. The lowest BCUT2D eigenvalue weighted by molar-refractivity contribution is -0.144. The molecule has 0 spiro atoms. The van der Waals surface area contributed by atoms with E-state index in [2.05, 4.69) is 6.92 Å². The molecule has 1 unspecified atom stereocenters. The quantitative estimate of drug-likeness (QED) is 0.453. The number of rotatable bonds is 11. The van der Waals surface area contributed by atoms with Crippen molar-refractivity contribution < 1.29 is 9.59 Å². The highest BCUT2D eigenvalue weighted by Gasteiger charge is 2.36. The fourth-order valence-corrected chi connectivity index (χ4v) is 3.98. The van der Waals surface area contributed by atoms with Crippen molar-refractivity contribution in [1.82, 2.24) is 4.90 Å². The Hall–Kier alpha value is -1.29. The number of Topliss-reactive ketones (excluding diaryl/α,β-unsaturated/α-hetero) is 1. The van der Waals surface area contributed by atoms with Crippen molar-refractivity contribution in [2.75, 3.05) is 12.3 Å². The van der Waals surface area contributed by atoms with Crippen LogP contribution in [0.25, 0.3) is 0 Å². The average Bonchev–Trinajstić information content (AvgIpc) is 2.57. The first-order chi connectivity index (χ1) is 11.2. The third-order valence-corrected chi connectivity index (χ3v) is 5.54. The molecule has 3 nitrogen and oxygen atoms in total. The van der Waals surface area contributed by atoms with Crippen LogP contribution in [-0.4, -0.2) is 34.3 Å². The van der Waals surface area contributed by atoms with E-state index < -0.39 is 0 Å². The van der Waals surface area contributed by atoms with Crippen molar-refractivity contribution in [2.45, 2.75) is 57.2 Å². The van der Waals surface area contributed by atoms with Gasteiger partial charge >= 0.3 is 0 Å². The monoisotopic (exact) mass is 333 g/mol. The molecule has 1 heterocycles. The van der Waals surface area contributed by atoms with Gasteiger partial charge < -0.3 is 4.90 Å². The summed E-state index contributed by atoms with van der Waals surface area (Å²) in [4.78, 5) is 25.6. The van der Waals surface area contributed by atoms with Crippen LogP contribution in [0, 0.1) is 0 Å². The van der Waals surface area contributed by atoms with Gasteiger partial charge in [0.1, 0.15) is 0 Å². The summed E-state index contributed by atoms with van der Waals surface area (Å²) in [5.74, 6) is 1.38. The van der Waals surface area contributed by atoms with Gasteiger partial charge in [-0.2, -0.15) is 0 Å². The van der Waals surface area contributed by atoms with Gasteiger partial charge in [-0.15, -0.1) is 11.8 Å². The second-order valence-electron chi connectivity index (χ2n) is 6.14. The van der Waals surface area contributed by atoms with Gasteiger partial charge in [-0.3, -0.25) is 9.59 Å². The van der Waals surface area contributed by atoms with Crippen molar-refractivity contribution in [1.29, 1.82) is 0 Å². The van der Waals surface area contributed by atoms with E-state index in [1.165, 1.54) is 31.2 Å². The zero-order chi connectivity index (χ0) is 16.5. The lowest BCUT2D eigenvalue weighted by Crippen LogP contribution is -2.52. The highest BCUT2D eigenvalue weighted by atomic mass is 32.2. The minimum Gasteiger partial charge on any atom is -0.323 e. The number of amides is 1. The van der Waals surface area contributed by atoms with E-state index in [9.17, 15) is 9.59 Å². The largest absolute Gasteiger partial charge is 0.323 e. The highest BCUT2D eigenvalue weighted by Crippen LogP contribution is 2.30. The molecule has 2 rings (SSSR count). The van der Waals surface area contributed by atoms with E-state index in [4.69, 9.17) is 0 Å². The van der Waals surface area contributed by atoms with Gasteiger partial charge in [0.15, 0.2) is 5.78 Å². The number of likely N-dealkylation sites (tertiary alicyclic amines) is 1. The summed E-state index contributed by atoms with van der Waals surface area (Å²) < 4.78 is 0. The molecular weight excluding hydrogens is 306 g/mol. The van der Waals surface area contributed by atoms with E-state index in [0.29, 0.717) is 12.8 Å². The van der Waals surface area contributed by atoms with Crippen molar-refractivity contribution in [2.24, 2.45) is 0 Å². The predicted octanol–water partition coefficient (Wildman–Crippen LogP) is 4.06. The van der Waals surface area contributed by atoms with Crippen LogP contribution in [0.4, 0.5) is 0 Å². The van der Waals surface area contributed by atoms with Crippen molar-refractivity contribution in [3.63, 3.8) is 0 Å². The van der Waals surface area contributed by atoms with Gasteiger partial charge in [-0.25, -0.2) is 0 Å². The van der Waals surface area contributed by atoms with Crippen molar-refractivity contribution in [3.05, 3.63) is 35.9 Å². The zero-order valence-electron chi connectivity index (χ0n) is 14.0. The van der Waals surface area contributed by atoms with E-state index in [1.54, 1.807) is 4.90 Å². The molecule has 1 amide bonds. The molecule has 0 radical (unpaired) electrons. The van der Waals surface area contributed by atoms with Crippen LogP contribution < -0.4 is 0 Å². The molecule has 126 valence electrons. The Morgan fingerprint density at radius 3 is 2.70 bits per heavy atom. The minimum atomic E-state index is 0.129. The summed E-state index contributed by atoms with van der Waals surface area (Å²) >= 11 is 1.83. The number of β-lactam (4-membered cyclic amide) rings is 1. The molecule has 1 aliphatic heterocycles. The van der Waals surface area contributed by atoms with Crippen LogP contribution in [0.3, 0.4) is 0 Å². The first-order valence-corrected chi connectivity index (χ1v) is 9.72. The molecule has 0 N–H and O–H groups in total. The number of hydrogen-bond acceptors (Lipinski definition) is 3. The molecule has 0 saturated carbocycles. The molecule has 1 fully saturated rings. The van der Waals surface area contributed by atoms with Gasteiger partial charge in [-0.05, 0) is 24.2 Å². The number of hydrogen-bond donors (Lipinski definition) is 0. The Kier molecular flexibility index (Phi) is 7.66. The number of unbranched alkanes of at least 4 members (excludes halogenated alkanes) is 3. The number of aryl methyl sites for hydroxylation is 1. The lowest BCUT2D eigenvalue weighted by atomic mass is 10.1. The normalized spacial score (nSPS) is 17.2. The second kappa shape index (κ2) is 9.76. The summed E-state index contributed by atoms with van der Waals surface area (Å²) in [7, 11) is 0. The van der Waals surface area contributed by atoms with Gasteiger partial charge in [0.05, 0.1) is 18.3 Å². The van der Waals surface area contributed by atoms with Crippen LogP contribution in [0.1, 0.15) is 51.0 Å². The molecular formula is C19H27NO2S. The van der Waals surface area contributed by atoms with E-state index in [1.807, 2.05) is 42.1 Å². The Bertz CT molecular complexity index is 503. The Morgan fingerprint density at radius 1 is 1.22 bits per heavy atom. The van der Waals surface area contributed by atoms with Crippen LogP contribution in [0.15, 0.2) is 30.3 Å². The SMILES string of the molecule is CCCCCCSC1CC(=O)N1CC(=O)CCc1ccccc1. The summed E-state index contributed by atoms with van der Waals surface area (Å²) in [5.41, 5.74) is 1.18. The molecule has 1 atom stereocenters. The molecule has 0 aliphatic carbocycles. The Balaban J connectivity index is 1.66. The van der Waals surface area contributed by atoms with Gasteiger partial charge in [0.2, 0.25) is 5.91 Å². The Morgan fingerprint density at radius 2 is 2.00 bits per heavy atom. The predicted molar refractivity (Wildman–Crippen MR) is 96.5 cm³/mol. The first kappa shape index (κ1) is 18.1. The number of ketones is 1. The summed E-state index contributed by atoms with van der Waals surface area (Å²) in [6.07, 6.45) is 6.88. The molecule has 0 bridgehead atoms. The third-order valence-electron chi connectivity index (χ3n) is 4.21. The topological polar surface area (TPSA) is 37.4 Å². The number of thioether (sulfide) groups is 1. The second-order valence-corrected chi connectivity index (χ2v) is 7.42. The van der Waals surface area contributed by atoms with Crippen molar-refractivity contribution >= 4 is 23.5 Å². The number of carbonyl (C=O) groups is 2. The Labute approximate surface area is 143 Å². The summed E-state index contributed by atoms with van der Waals surface area (Å²) in [6.45, 7) is 2.50. The van der Waals surface area contributed by atoms with Crippen LogP contribution in [-0.2, 0) is 16.0 Å². The van der Waals surface area contributed by atoms with Gasteiger partial charge in [0, 0.05) is 6.42 Å². The maximum Gasteiger partial charge on any atom is 0.226 e. The lowest BCUT2D eigenvalue weighted by Gasteiger charge is -2.39. The smallest absolute Gasteiger partial charge is 0.226 e. The fourth-order valence-electron chi connectivity index (χ4n) is 2.71. The van der Waals surface area contributed by atoms with E-state index >= 15 is 0 Å². The number of benzene rings is 1. The van der Waals surface area contributed by atoms with Crippen LogP contribution in [0.2, 0.25) is 0 Å². The summed E-state index contributed by atoms with van der Waals surface area (Å²) in [5, 5.41) is 0.227.